The van der Waals surface area contributed by atoms with Crippen molar-refractivity contribution in [2.24, 2.45) is 0 Å². The zero-order valence-electron chi connectivity index (χ0n) is 18.1. The average Bonchev–Trinajstić information content (AvgIpc) is 3.35. The van der Waals surface area contributed by atoms with Crippen LogP contribution in [0.5, 0.6) is 11.5 Å². The van der Waals surface area contributed by atoms with Gasteiger partial charge in [-0.15, -0.1) is 0 Å². The molecule has 5 rings (SSSR count). The molecule has 2 aromatic heterocycles. The highest BCUT2D eigenvalue weighted by atomic mass is 16.5. The first-order chi connectivity index (χ1) is 15.5. The fraction of sp³-hybridized carbons (Fsp3) is 0.240. The molecule has 4 aromatic rings. The molecule has 0 aliphatic carbocycles. The van der Waals surface area contributed by atoms with Gasteiger partial charge in [-0.25, -0.2) is 4.98 Å². The Balaban J connectivity index is 1.57. The summed E-state index contributed by atoms with van der Waals surface area (Å²) in [5.74, 6) is 1.09. The molecule has 0 spiro atoms. The van der Waals surface area contributed by atoms with Crippen molar-refractivity contribution in [2.75, 3.05) is 11.9 Å². The van der Waals surface area contributed by atoms with Gasteiger partial charge in [-0.2, -0.15) is 0 Å². The quantitative estimate of drug-likeness (QED) is 0.471. The van der Waals surface area contributed by atoms with Gasteiger partial charge in [0.05, 0.1) is 34.6 Å². The highest BCUT2D eigenvalue weighted by molar-refractivity contribution is 6.13. The predicted molar refractivity (Wildman–Crippen MR) is 121 cm³/mol. The number of benzene rings is 2. The third-order valence-corrected chi connectivity index (χ3v) is 5.48. The number of pyridine rings is 1. The molecule has 0 saturated carbocycles. The Bertz CT molecular complexity index is 1310. The van der Waals surface area contributed by atoms with Crippen molar-refractivity contribution in [1.29, 1.82) is 0 Å². The smallest absolute Gasteiger partial charge is 0.259 e. The molecule has 3 heterocycles. The molecule has 1 aliphatic rings. The summed E-state index contributed by atoms with van der Waals surface area (Å²) in [5, 5.41) is 7.61. The molecule has 32 heavy (non-hydrogen) atoms. The molecule has 0 saturated heterocycles. The van der Waals surface area contributed by atoms with Crippen LogP contribution in [0.2, 0.25) is 0 Å². The van der Waals surface area contributed by atoms with Crippen molar-refractivity contribution < 1.29 is 18.8 Å². The van der Waals surface area contributed by atoms with Crippen LogP contribution >= 0.6 is 0 Å². The Morgan fingerprint density at radius 3 is 2.81 bits per heavy atom. The lowest BCUT2D eigenvalue weighted by molar-refractivity contribution is 0.102. The largest absolute Gasteiger partial charge is 0.492 e. The van der Waals surface area contributed by atoms with Crippen LogP contribution in [0.25, 0.3) is 22.4 Å². The number of aromatic nitrogens is 2. The Labute approximate surface area is 185 Å². The number of hydrogen-bond acceptors (Lipinski definition) is 6. The normalized spacial score (nSPS) is 14.8. The van der Waals surface area contributed by atoms with Crippen molar-refractivity contribution in [2.45, 2.75) is 33.3 Å². The van der Waals surface area contributed by atoms with E-state index in [4.69, 9.17) is 14.0 Å². The SMILES string of the molecule is CCOc1cc2c(cc1NC(=O)c1cc(-c3ccccc3)nc3onc(C)c13)OC(C)C2. The molecule has 0 bridgehead atoms. The zero-order chi connectivity index (χ0) is 22.2. The van der Waals surface area contributed by atoms with Crippen molar-refractivity contribution in [3.05, 3.63) is 65.4 Å². The molecule has 1 atom stereocenters. The van der Waals surface area contributed by atoms with Crippen molar-refractivity contribution >= 4 is 22.7 Å². The minimum atomic E-state index is -0.298. The summed E-state index contributed by atoms with van der Waals surface area (Å²) < 4.78 is 17.1. The van der Waals surface area contributed by atoms with Gasteiger partial charge in [0.1, 0.15) is 17.6 Å². The third-order valence-electron chi connectivity index (χ3n) is 5.48. The van der Waals surface area contributed by atoms with E-state index in [9.17, 15) is 4.79 Å². The second kappa shape index (κ2) is 8.00. The molecule has 162 valence electrons. The number of carbonyl (C=O) groups excluding carboxylic acids is 1. The first kappa shape index (κ1) is 20.1. The van der Waals surface area contributed by atoms with Crippen molar-refractivity contribution in [3.8, 4) is 22.8 Å². The van der Waals surface area contributed by atoms with E-state index >= 15 is 0 Å². The number of fused-ring (bicyclic) bond motifs is 2. The van der Waals surface area contributed by atoms with Gasteiger partial charge in [-0.3, -0.25) is 4.79 Å². The second-order valence-electron chi connectivity index (χ2n) is 7.85. The number of amides is 1. The maximum absolute atomic E-state index is 13.5. The monoisotopic (exact) mass is 429 g/mol. The first-order valence-corrected chi connectivity index (χ1v) is 10.6. The Hall–Kier alpha value is -3.87. The fourth-order valence-electron chi connectivity index (χ4n) is 4.03. The zero-order valence-corrected chi connectivity index (χ0v) is 18.1. The van der Waals surface area contributed by atoms with Crippen LogP contribution in [0.4, 0.5) is 5.69 Å². The standard InChI is InChI=1S/C25H23N3O4/c1-4-30-22-11-17-10-14(2)31-21(17)13-20(22)26-24(29)18-12-19(16-8-6-5-7-9-16)27-25-23(18)15(3)28-32-25/h5-9,11-14H,4,10H2,1-3H3,(H,26,29). The van der Waals surface area contributed by atoms with Crippen molar-refractivity contribution in [3.63, 3.8) is 0 Å². The predicted octanol–water partition coefficient (Wildman–Crippen LogP) is 5.17. The molecular formula is C25H23N3O4. The van der Waals surface area contributed by atoms with E-state index < -0.39 is 0 Å². The Kier molecular flexibility index (Phi) is 5.01. The van der Waals surface area contributed by atoms with Crippen LogP contribution in [-0.2, 0) is 6.42 Å². The highest BCUT2D eigenvalue weighted by Crippen LogP contribution is 2.38. The summed E-state index contributed by atoms with van der Waals surface area (Å²) in [5.41, 5.74) is 4.52. The van der Waals surface area contributed by atoms with Gasteiger partial charge in [0.25, 0.3) is 11.6 Å². The fourth-order valence-corrected chi connectivity index (χ4v) is 4.03. The summed E-state index contributed by atoms with van der Waals surface area (Å²) in [6, 6.07) is 15.2. The van der Waals surface area contributed by atoms with Crippen LogP contribution < -0.4 is 14.8 Å². The topological polar surface area (TPSA) is 86.5 Å². The molecular weight excluding hydrogens is 406 g/mol. The van der Waals surface area contributed by atoms with Crippen LogP contribution in [0.1, 0.15) is 35.5 Å². The van der Waals surface area contributed by atoms with Crippen LogP contribution in [0, 0.1) is 6.92 Å². The van der Waals surface area contributed by atoms with Gasteiger partial charge in [0, 0.05) is 23.6 Å². The molecule has 1 unspecified atom stereocenters. The van der Waals surface area contributed by atoms with E-state index in [1.807, 2.05) is 56.3 Å². The molecule has 0 fully saturated rings. The molecule has 1 N–H and O–H groups in total. The summed E-state index contributed by atoms with van der Waals surface area (Å²) in [4.78, 5) is 18.0. The van der Waals surface area contributed by atoms with Gasteiger partial charge in [0.15, 0.2) is 0 Å². The number of ether oxygens (including phenoxy) is 2. The number of anilines is 1. The van der Waals surface area contributed by atoms with E-state index in [0.717, 1.165) is 23.3 Å². The number of rotatable bonds is 5. The number of aryl methyl sites for hydroxylation is 1. The van der Waals surface area contributed by atoms with Crippen LogP contribution in [-0.4, -0.2) is 28.8 Å². The van der Waals surface area contributed by atoms with Gasteiger partial charge >= 0.3 is 0 Å². The minimum absolute atomic E-state index is 0.0957. The van der Waals surface area contributed by atoms with Gasteiger partial charge in [-0.1, -0.05) is 35.5 Å². The summed E-state index contributed by atoms with van der Waals surface area (Å²) in [6.07, 6.45) is 0.910. The summed E-state index contributed by atoms with van der Waals surface area (Å²) in [7, 11) is 0. The van der Waals surface area contributed by atoms with Gasteiger partial charge in [-0.05, 0) is 32.9 Å². The highest BCUT2D eigenvalue weighted by Gasteiger charge is 2.24. The summed E-state index contributed by atoms with van der Waals surface area (Å²) >= 11 is 0. The molecule has 1 aliphatic heterocycles. The third kappa shape index (κ3) is 3.56. The number of carbonyl (C=O) groups is 1. The van der Waals surface area contributed by atoms with Crippen molar-refractivity contribution in [1.82, 2.24) is 10.1 Å². The van der Waals surface area contributed by atoms with E-state index in [1.165, 1.54) is 0 Å². The second-order valence-corrected chi connectivity index (χ2v) is 7.85. The Morgan fingerprint density at radius 2 is 2.03 bits per heavy atom. The number of nitrogens with one attached hydrogen (secondary N) is 1. The molecule has 7 nitrogen and oxygen atoms in total. The molecule has 0 radical (unpaired) electrons. The molecule has 1 amide bonds. The Morgan fingerprint density at radius 1 is 1.22 bits per heavy atom. The minimum Gasteiger partial charge on any atom is -0.492 e. The maximum atomic E-state index is 13.5. The first-order valence-electron chi connectivity index (χ1n) is 10.6. The lowest BCUT2D eigenvalue weighted by atomic mass is 10.0. The van der Waals surface area contributed by atoms with E-state index in [2.05, 4.69) is 15.5 Å². The maximum Gasteiger partial charge on any atom is 0.259 e. The molecule has 2 aromatic carbocycles. The number of nitrogens with zero attached hydrogens (tertiary/aromatic N) is 2. The van der Waals surface area contributed by atoms with E-state index in [-0.39, 0.29) is 12.0 Å². The van der Waals surface area contributed by atoms with E-state index in [1.54, 1.807) is 13.0 Å². The summed E-state index contributed by atoms with van der Waals surface area (Å²) in [6.45, 7) is 6.21. The van der Waals surface area contributed by atoms with Gasteiger partial charge < -0.3 is 19.3 Å². The number of hydrogen-bond donors (Lipinski definition) is 1. The van der Waals surface area contributed by atoms with E-state index in [0.29, 0.717) is 46.1 Å². The lowest BCUT2D eigenvalue weighted by Gasteiger charge is -2.14. The molecule has 7 heteroatoms. The average molecular weight is 429 g/mol. The lowest BCUT2D eigenvalue weighted by Crippen LogP contribution is -2.14. The van der Waals surface area contributed by atoms with Crippen LogP contribution in [0.3, 0.4) is 0 Å². The van der Waals surface area contributed by atoms with Gasteiger partial charge in [0.2, 0.25) is 0 Å². The van der Waals surface area contributed by atoms with Crippen LogP contribution in [0.15, 0.2) is 53.1 Å².